The number of aliphatic hydroxyl groups excluding tert-OH is 11. The van der Waals surface area contributed by atoms with E-state index in [2.05, 4.69) is 0 Å². The maximum Gasteiger partial charge on any atom is 0.201 e. The fraction of sp³-hybridized carbons (Fsp3) is 0.513. The van der Waals surface area contributed by atoms with Crippen molar-refractivity contribution in [2.75, 3.05) is 41.2 Å². The lowest BCUT2D eigenvalue weighted by atomic mass is 9.69. The first-order valence-electron chi connectivity index (χ1n) is 18.5. The molecule has 2 heterocycles. The highest BCUT2D eigenvalue weighted by Crippen LogP contribution is 2.45. The van der Waals surface area contributed by atoms with Crippen LogP contribution in [0, 0.1) is 0 Å². The highest BCUT2D eigenvalue weighted by Gasteiger charge is 2.73. The van der Waals surface area contributed by atoms with E-state index in [4.69, 9.17) is 23.7 Å². The Kier molecular flexibility index (Phi) is 16.0. The van der Waals surface area contributed by atoms with Gasteiger partial charge in [-0.2, -0.15) is 0 Å². The molecular formula is C39H50O23. The molecule has 344 valence electrons. The minimum absolute atomic E-state index is 0.0290. The van der Waals surface area contributed by atoms with Gasteiger partial charge in [-0.1, -0.05) is 18.2 Å². The van der Waals surface area contributed by atoms with Crippen molar-refractivity contribution in [1.29, 1.82) is 0 Å². The topological polar surface area (TPSA) is 401 Å². The van der Waals surface area contributed by atoms with Gasteiger partial charge in [-0.25, -0.2) is 0 Å². The van der Waals surface area contributed by atoms with E-state index in [1.807, 2.05) is 0 Å². The SMILES string of the molecule is COc1cc(C=CC(=O)C(O)[C@@H](O)[C@](O)(C2O[C@H](CO)[C@@H](O)[C@H](O)[C@H]2O)[C@H](O)[C@@H](O)C(=O)C2(CO)O[C@H](CO)[C@@H](O)[C@]2(O)C(=O)C=Cc2cc(OC)c(O)c(OC)c2)ccc1O. The van der Waals surface area contributed by atoms with Gasteiger partial charge in [-0.3, -0.25) is 14.4 Å². The third-order valence-electron chi connectivity index (χ3n) is 11.0. The first kappa shape index (κ1) is 50.0. The molecule has 2 saturated heterocycles. The number of hydrogen-bond donors (Lipinski definition) is 15. The van der Waals surface area contributed by atoms with E-state index < -0.39 is 127 Å². The highest BCUT2D eigenvalue weighted by molar-refractivity contribution is 6.08. The molecule has 0 saturated carbocycles. The van der Waals surface area contributed by atoms with Gasteiger partial charge < -0.3 is 100 Å². The van der Waals surface area contributed by atoms with Crippen LogP contribution in [-0.4, -0.2) is 219 Å². The second-order valence-electron chi connectivity index (χ2n) is 14.5. The molecule has 15 N–H and O–H groups in total. The molecule has 2 aliphatic rings. The molecule has 2 aromatic carbocycles. The average Bonchev–Trinajstić information content (AvgIpc) is 3.51. The number of carbonyl (C=O) groups is 3. The number of aromatic hydroxyl groups is 2. The molecule has 62 heavy (non-hydrogen) atoms. The van der Waals surface area contributed by atoms with Crippen molar-refractivity contribution in [1.82, 2.24) is 0 Å². The summed E-state index contributed by atoms with van der Waals surface area (Å²) in [4.78, 5) is 41.5. The molecule has 23 nitrogen and oxygen atoms in total. The number of methoxy groups -OCH3 is 3. The quantitative estimate of drug-likeness (QED) is 0.0584. The molecule has 3 unspecified atom stereocenters. The van der Waals surface area contributed by atoms with Gasteiger partial charge in [0.1, 0.15) is 67.1 Å². The van der Waals surface area contributed by atoms with Crippen LogP contribution in [0.15, 0.2) is 42.5 Å². The van der Waals surface area contributed by atoms with Crippen molar-refractivity contribution in [3.05, 3.63) is 53.6 Å². The van der Waals surface area contributed by atoms with Crippen LogP contribution in [0.5, 0.6) is 28.7 Å². The summed E-state index contributed by atoms with van der Waals surface area (Å²) in [6.07, 6.45) is -26.5. The number of phenolic OH excluding ortho intramolecular Hbond substituents is 2. The van der Waals surface area contributed by atoms with Crippen LogP contribution in [-0.2, 0) is 23.9 Å². The summed E-state index contributed by atoms with van der Waals surface area (Å²) in [7, 11) is 3.59. The van der Waals surface area contributed by atoms with E-state index in [1.165, 1.54) is 51.7 Å². The summed E-state index contributed by atoms with van der Waals surface area (Å²) in [5.74, 6) is -6.45. The van der Waals surface area contributed by atoms with Crippen molar-refractivity contribution in [3.8, 4) is 28.7 Å². The molecule has 0 aromatic heterocycles. The van der Waals surface area contributed by atoms with Gasteiger partial charge in [0.05, 0.1) is 41.2 Å². The number of ether oxygens (including phenoxy) is 5. The Balaban J connectivity index is 1.81. The second-order valence-corrected chi connectivity index (χ2v) is 14.5. The molecular weight excluding hydrogens is 836 g/mol. The number of benzene rings is 2. The molecule has 14 atom stereocenters. The smallest absolute Gasteiger partial charge is 0.201 e. The Bertz CT molecular complexity index is 1960. The molecule has 0 radical (unpaired) electrons. The first-order chi connectivity index (χ1) is 29.1. The molecule has 0 spiro atoms. The van der Waals surface area contributed by atoms with Crippen molar-refractivity contribution in [3.63, 3.8) is 0 Å². The Morgan fingerprint density at radius 3 is 1.82 bits per heavy atom. The molecule has 2 aromatic rings. The van der Waals surface area contributed by atoms with Gasteiger partial charge in [-0.05, 0) is 47.5 Å². The molecule has 4 rings (SSSR count). The van der Waals surface area contributed by atoms with Crippen LogP contribution in [0.1, 0.15) is 11.1 Å². The zero-order valence-electron chi connectivity index (χ0n) is 33.1. The van der Waals surface area contributed by atoms with Crippen molar-refractivity contribution in [2.24, 2.45) is 0 Å². The van der Waals surface area contributed by atoms with E-state index in [-0.39, 0.29) is 34.1 Å². The third-order valence-corrected chi connectivity index (χ3v) is 11.0. The minimum atomic E-state index is -3.99. The normalized spacial score (nSPS) is 30.7. The van der Waals surface area contributed by atoms with Gasteiger partial charge in [0, 0.05) is 0 Å². The Morgan fingerprint density at radius 2 is 1.29 bits per heavy atom. The van der Waals surface area contributed by atoms with Gasteiger partial charge in [0.2, 0.25) is 11.5 Å². The minimum Gasteiger partial charge on any atom is -0.504 e. The van der Waals surface area contributed by atoms with Crippen LogP contribution in [0.25, 0.3) is 12.2 Å². The van der Waals surface area contributed by atoms with Gasteiger partial charge in [0.25, 0.3) is 0 Å². The summed E-state index contributed by atoms with van der Waals surface area (Å²) in [5.41, 5.74) is -11.1. The Hall–Kier alpha value is -4.67. The van der Waals surface area contributed by atoms with E-state index in [0.29, 0.717) is 12.2 Å². The zero-order chi connectivity index (χ0) is 46.6. The molecule has 2 fully saturated rings. The fourth-order valence-electron chi connectivity index (χ4n) is 7.31. The van der Waals surface area contributed by atoms with Gasteiger partial charge >= 0.3 is 0 Å². The van der Waals surface area contributed by atoms with Crippen molar-refractivity contribution in [2.45, 2.75) is 83.9 Å². The summed E-state index contributed by atoms with van der Waals surface area (Å²) in [6, 6.07) is 6.05. The predicted molar refractivity (Wildman–Crippen MR) is 204 cm³/mol. The number of Topliss-reactive ketones (excluding diaryl/α,β-unsaturated/α-hetero) is 1. The van der Waals surface area contributed by atoms with E-state index >= 15 is 0 Å². The molecule has 23 heteroatoms. The predicted octanol–water partition coefficient (Wildman–Crippen LogP) is -6.21. The largest absolute Gasteiger partial charge is 0.504 e. The van der Waals surface area contributed by atoms with E-state index in [1.54, 1.807) is 0 Å². The van der Waals surface area contributed by atoms with Gasteiger partial charge in [-0.15, -0.1) is 0 Å². The number of aliphatic hydroxyl groups is 13. The molecule has 0 aliphatic carbocycles. The molecule has 0 amide bonds. The van der Waals surface area contributed by atoms with E-state index in [0.717, 1.165) is 12.2 Å². The lowest BCUT2D eigenvalue weighted by Gasteiger charge is -2.51. The number of hydrogen-bond acceptors (Lipinski definition) is 23. The number of ketones is 3. The standard InChI is InChI=1S/C39H50O23/c1-58-20-10-16(4-7-18(20)43)5-8-19(44)26(46)34(54)38(56,36-30(50)29(49)28(48)23(13-40)61-36)35(55)31(51)33(53)37(15-42)39(57,32(52)24(14-41)62-37)25(45)9-6-17-11-21(59-2)27(47)22(12-17)60-3/h4-12,23-24,26,28-32,34-36,40-43,46-52,54-57H,13-15H2,1-3H3/t23-,24-,26?,28-,29+,30-,31+,32-,34-,35-,36?,37?,38-,39-/m1/s1. The Morgan fingerprint density at radius 1 is 0.758 bits per heavy atom. The summed E-state index contributed by atoms with van der Waals surface area (Å²) in [6.45, 7) is -4.32. The summed E-state index contributed by atoms with van der Waals surface area (Å²) < 4.78 is 25.7. The second kappa shape index (κ2) is 19.8. The number of phenols is 2. The van der Waals surface area contributed by atoms with E-state index in [9.17, 15) is 91.0 Å². The van der Waals surface area contributed by atoms with Crippen LogP contribution in [0.2, 0.25) is 0 Å². The van der Waals surface area contributed by atoms with Crippen LogP contribution >= 0.6 is 0 Å². The van der Waals surface area contributed by atoms with Gasteiger partial charge in [0.15, 0.2) is 51.4 Å². The highest BCUT2D eigenvalue weighted by atomic mass is 16.6. The maximum absolute atomic E-state index is 14.4. The monoisotopic (exact) mass is 886 g/mol. The molecule has 0 bridgehead atoms. The summed E-state index contributed by atoms with van der Waals surface area (Å²) >= 11 is 0. The van der Waals surface area contributed by atoms with Crippen LogP contribution in [0.3, 0.4) is 0 Å². The maximum atomic E-state index is 14.4. The van der Waals surface area contributed by atoms with Crippen LogP contribution < -0.4 is 14.2 Å². The van der Waals surface area contributed by atoms with Crippen molar-refractivity contribution < 1.29 is 115 Å². The fourth-order valence-corrected chi connectivity index (χ4v) is 7.31. The lowest BCUT2D eigenvalue weighted by Crippen LogP contribution is -2.76. The first-order valence-corrected chi connectivity index (χ1v) is 18.5. The third kappa shape index (κ3) is 8.66. The number of rotatable bonds is 19. The summed E-state index contributed by atoms with van der Waals surface area (Å²) in [5, 5.41) is 164. The zero-order valence-corrected chi connectivity index (χ0v) is 33.1. The Labute approximate surface area is 351 Å². The van der Waals surface area contributed by atoms with Crippen LogP contribution in [0.4, 0.5) is 0 Å². The molecule has 2 aliphatic heterocycles. The number of carbonyl (C=O) groups excluding carboxylic acids is 3. The average molecular weight is 887 g/mol. The van der Waals surface area contributed by atoms with Crippen molar-refractivity contribution >= 4 is 29.5 Å². The lowest BCUT2D eigenvalue weighted by molar-refractivity contribution is -0.314.